The quantitative estimate of drug-likeness (QED) is 0.708. The third-order valence-electron chi connectivity index (χ3n) is 3.86. The van der Waals surface area contributed by atoms with Crippen LogP contribution >= 0.6 is 0 Å². The number of hydrogen-bond acceptors (Lipinski definition) is 4. The van der Waals surface area contributed by atoms with Gasteiger partial charge in [-0.3, -0.25) is 4.79 Å². The van der Waals surface area contributed by atoms with Gasteiger partial charge in [0.05, 0.1) is 0 Å². The first-order chi connectivity index (χ1) is 12.1. The van der Waals surface area contributed by atoms with Gasteiger partial charge in [-0.1, -0.05) is 35.0 Å². The molecule has 0 radical (unpaired) electrons. The Kier molecular flexibility index (Phi) is 4.88. The highest BCUT2D eigenvalue weighted by atomic mass is 19.1. The van der Waals surface area contributed by atoms with Gasteiger partial charge in [-0.15, -0.1) is 0 Å². The minimum atomic E-state index is -0.376. The largest absolute Gasteiger partial charge is 0.337 e. The van der Waals surface area contributed by atoms with Crippen LogP contribution in [0, 0.1) is 12.7 Å². The van der Waals surface area contributed by atoms with Crippen molar-refractivity contribution in [2.75, 3.05) is 6.54 Å². The number of aromatic nitrogens is 2. The molecule has 0 unspecified atom stereocenters. The Morgan fingerprint density at radius 1 is 1.12 bits per heavy atom. The van der Waals surface area contributed by atoms with Crippen molar-refractivity contribution in [1.82, 2.24) is 15.0 Å². The predicted octanol–water partition coefficient (Wildman–Crippen LogP) is 3.85. The first-order valence-corrected chi connectivity index (χ1v) is 8.01. The summed E-state index contributed by atoms with van der Waals surface area (Å²) >= 11 is 0. The van der Waals surface area contributed by atoms with Crippen LogP contribution in [-0.2, 0) is 6.54 Å². The molecule has 0 fully saturated rings. The topological polar surface area (TPSA) is 59.2 Å². The molecule has 25 heavy (non-hydrogen) atoms. The molecule has 0 atom stereocenters. The van der Waals surface area contributed by atoms with E-state index in [0.29, 0.717) is 23.8 Å². The van der Waals surface area contributed by atoms with Gasteiger partial charge in [0, 0.05) is 17.7 Å². The van der Waals surface area contributed by atoms with Crippen LogP contribution < -0.4 is 0 Å². The average Bonchev–Trinajstić information content (AvgIpc) is 3.09. The van der Waals surface area contributed by atoms with E-state index in [4.69, 9.17) is 4.52 Å². The number of aryl methyl sites for hydroxylation is 1. The fourth-order valence-electron chi connectivity index (χ4n) is 2.40. The molecule has 3 aromatic rings. The van der Waals surface area contributed by atoms with E-state index in [0.717, 1.165) is 11.1 Å². The highest BCUT2D eigenvalue weighted by molar-refractivity contribution is 5.94. The number of hydrogen-bond donors (Lipinski definition) is 0. The van der Waals surface area contributed by atoms with Gasteiger partial charge < -0.3 is 9.42 Å². The lowest BCUT2D eigenvalue weighted by Crippen LogP contribution is -2.30. The fourth-order valence-corrected chi connectivity index (χ4v) is 2.40. The van der Waals surface area contributed by atoms with Crippen LogP contribution in [0.1, 0.15) is 28.7 Å². The van der Waals surface area contributed by atoms with E-state index >= 15 is 0 Å². The summed E-state index contributed by atoms with van der Waals surface area (Å²) in [5.41, 5.74) is 2.42. The average molecular weight is 339 g/mol. The molecule has 1 heterocycles. The minimum Gasteiger partial charge on any atom is -0.337 e. The number of rotatable bonds is 5. The Morgan fingerprint density at radius 2 is 1.80 bits per heavy atom. The molecule has 0 saturated carbocycles. The van der Waals surface area contributed by atoms with Gasteiger partial charge in [0.25, 0.3) is 5.91 Å². The van der Waals surface area contributed by atoms with Crippen molar-refractivity contribution < 1.29 is 13.7 Å². The molecule has 0 bridgehead atoms. The number of carbonyl (C=O) groups is 1. The summed E-state index contributed by atoms with van der Waals surface area (Å²) < 4.78 is 18.3. The van der Waals surface area contributed by atoms with E-state index in [1.165, 1.54) is 24.3 Å². The Labute approximate surface area is 145 Å². The van der Waals surface area contributed by atoms with Gasteiger partial charge in [-0.05, 0) is 38.1 Å². The molecule has 1 aromatic heterocycles. The summed E-state index contributed by atoms with van der Waals surface area (Å²) in [5, 5.41) is 3.97. The number of nitrogens with zero attached hydrogens (tertiary/aromatic N) is 3. The van der Waals surface area contributed by atoms with Gasteiger partial charge in [0.2, 0.25) is 11.7 Å². The molecule has 0 aliphatic carbocycles. The van der Waals surface area contributed by atoms with E-state index in [1.54, 1.807) is 4.90 Å². The molecular formula is C19H18FN3O2. The van der Waals surface area contributed by atoms with Crippen molar-refractivity contribution >= 4 is 5.91 Å². The van der Waals surface area contributed by atoms with Crippen LogP contribution in [0.3, 0.4) is 0 Å². The molecule has 6 heteroatoms. The Morgan fingerprint density at radius 3 is 2.44 bits per heavy atom. The standard InChI is InChI=1S/C19H18FN3O2/c1-3-23(19(24)15-8-10-16(20)11-9-15)12-17-21-18(22-25-17)14-6-4-13(2)5-7-14/h4-11H,3,12H2,1-2H3. The molecular weight excluding hydrogens is 321 g/mol. The van der Waals surface area contributed by atoms with E-state index in [2.05, 4.69) is 10.1 Å². The molecule has 2 aromatic carbocycles. The van der Waals surface area contributed by atoms with Crippen molar-refractivity contribution in [1.29, 1.82) is 0 Å². The smallest absolute Gasteiger partial charge is 0.254 e. The van der Waals surface area contributed by atoms with Gasteiger partial charge in [-0.2, -0.15) is 4.98 Å². The highest BCUT2D eigenvalue weighted by Gasteiger charge is 2.18. The molecule has 3 rings (SSSR count). The van der Waals surface area contributed by atoms with Gasteiger partial charge >= 0.3 is 0 Å². The Bertz CT molecular complexity index is 857. The van der Waals surface area contributed by atoms with E-state index in [-0.39, 0.29) is 18.3 Å². The van der Waals surface area contributed by atoms with E-state index in [1.807, 2.05) is 38.1 Å². The third kappa shape index (κ3) is 3.91. The van der Waals surface area contributed by atoms with Crippen LogP contribution in [0.4, 0.5) is 4.39 Å². The zero-order valence-corrected chi connectivity index (χ0v) is 14.1. The first-order valence-electron chi connectivity index (χ1n) is 8.01. The summed E-state index contributed by atoms with van der Waals surface area (Å²) in [6.07, 6.45) is 0. The molecule has 0 saturated heterocycles. The Balaban J connectivity index is 1.75. The maximum atomic E-state index is 13.0. The predicted molar refractivity (Wildman–Crippen MR) is 91.3 cm³/mol. The van der Waals surface area contributed by atoms with Crippen molar-refractivity contribution in [3.05, 3.63) is 71.4 Å². The second kappa shape index (κ2) is 7.25. The number of benzene rings is 2. The number of amides is 1. The van der Waals surface area contributed by atoms with E-state index in [9.17, 15) is 9.18 Å². The summed E-state index contributed by atoms with van der Waals surface area (Å²) in [4.78, 5) is 18.4. The lowest BCUT2D eigenvalue weighted by molar-refractivity contribution is 0.0734. The zero-order valence-electron chi connectivity index (χ0n) is 14.1. The van der Waals surface area contributed by atoms with Crippen LogP contribution in [0.2, 0.25) is 0 Å². The molecule has 0 aliphatic heterocycles. The Hall–Kier alpha value is -3.02. The van der Waals surface area contributed by atoms with Gasteiger partial charge in [-0.25, -0.2) is 4.39 Å². The van der Waals surface area contributed by atoms with Gasteiger partial charge in [0.1, 0.15) is 12.4 Å². The summed E-state index contributed by atoms with van der Waals surface area (Å²) in [7, 11) is 0. The molecule has 1 amide bonds. The van der Waals surface area contributed by atoms with Crippen molar-refractivity contribution in [3.63, 3.8) is 0 Å². The van der Waals surface area contributed by atoms with E-state index < -0.39 is 0 Å². The van der Waals surface area contributed by atoms with Crippen LogP contribution in [0.15, 0.2) is 53.1 Å². The van der Waals surface area contributed by atoms with Crippen molar-refractivity contribution in [3.8, 4) is 11.4 Å². The number of halogens is 1. The molecule has 128 valence electrons. The second-order valence-electron chi connectivity index (χ2n) is 5.70. The van der Waals surface area contributed by atoms with Crippen LogP contribution in [-0.4, -0.2) is 27.5 Å². The third-order valence-corrected chi connectivity index (χ3v) is 3.86. The van der Waals surface area contributed by atoms with Crippen LogP contribution in [0.5, 0.6) is 0 Å². The normalized spacial score (nSPS) is 10.7. The lowest BCUT2D eigenvalue weighted by atomic mass is 10.1. The summed E-state index contributed by atoms with van der Waals surface area (Å²) in [6, 6.07) is 13.3. The molecule has 0 spiro atoms. The molecule has 0 N–H and O–H groups in total. The lowest BCUT2D eigenvalue weighted by Gasteiger charge is -2.18. The van der Waals surface area contributed by atoms with Crippen LogP contribution in [0.25, 0.3) is 11.4 Å². The second-order valence-corrected chi connectivity index (χ2v) is 5.70. The minimum absolute atomic E-state index is 0.200. The summed E-state index contributed by atoms with van der Waals surface area (Å²) in [5.74, 6) is 0.255. The number of carbonyl (C=O) groups excluding carboxylic acids is 1. The van der Waals surface area contributed by atoms with Gasteiger partial charge in [0.15, 0.2) is 0 Å². The SMILES string of the molecule is CCN(Cc1nc(-c2ccc(C)cc2)no1)C(=O)c1ccc(F)cc1. The highest BCUT2D eigenvalue weighted by Crippen LogP contribution is 2.17. The van der Waals surface area contributed by atoms with Crippen molar-refractivity contribution in [2.24, 2.45) is 0 Å². The zero-order chi connectivity index (χ0) is 17.8. The maximum absolute atomic E-state index is 13.0. The maximum Gasteiger partial charge on any atom is 0.254 e. The molecule has 0 aliphatic rings. The first kappa shape index (κ1) is 16.8. The summed E-state index contributed by atoms with van der Waals surface area (Å²) in [6.45, 7) is 4.54. The van der Waals surface area contributed by atoms with Crippen molar-refractivity contribution in [2.45, 2.75) is 20.4 Å². The fraction of sp³-hybridized carbons (Fsp3) is 0.211. The monoisotopic (exact) mass is 339 g/mol. The molecule has 5 nitrogen and oxygen atoms in total.